The van der Waals surface area contributed by atoms with Crippen LogP contribution in [0.3, 0.4) is 0 Å². The molecule has 0 spiro atoms. The van der Waals surface area contributed by atoms with Gasteiger partial charge in [-0.05, 0) is 6.92 Å². The smallest absolute Gasteiger partial charge is 0.333 e. The SMILES string of the molecule is C=C(C)C(=O)OCC1OCC1(F)F. The summed E-state index contributed by atoms with van der Waals surface area (Å²) >= 11 is 0. The van der Waals surface area contributed by atoms with E-state index in [1.54, 1.807) is 0 Å². The number of carbonyl (C=O) groups is 1. The van der Waals surface area contributed by atoms with Gasteiger partial charge in [-0.25, -0.2) is 13.6 Å². The zero-order valence-corrected chi connectivity index (χ0v) is 7.18. The van der Waals surface area contributed by atoms with Crippen LogP contribution in [-0.2, 0) is 14.3 Å². The molecule has 1 unspecified atom stereocenters. The highest BCUT2D eigenvalue weighted by atomic mass is 19.3. The van der Waals surface area contributed by atoms with Crippen LogP contribution in [0.1, 0.15) is 6.92 Å². The predicted octanol–water partition coefficient (Wildman–Crippen LogP) is 1.14. The number of carbonyl (C=O) groups excluding carboxylic acids is 1. The first-order valence-corrected chi connectivity index (χ1v) is 3.75. The fourth-order valence-electron chi connectivity index (χ4n) is 0.772. The van der Waals surface area contributed by atoms with E-state index in [1.807, 2.05) is 0 Å². The van der Waals surface area contributed by atoms with Crippen molar-refractivity contribution in [3.63, 3.8) is 0 Å². The fourth-order valence-corrected chi connectivity index (χ4v) is 0.772. The molecule has 0 aromatic carbocycles. The van der Waals surface area contributed by atoms with Gasteiger partial charge in [0.05, 0.1) is 0 Å². The summed E-state index contributed by atoms with van der Waals surface area (Å²) in [5, 5.41) is 0. The van der Waals surface area contributed by atoms with E-state index >= 15 is 0 Å². The summed E-state index contributed by atoms with van der Waals surface area (Å²) in [6.07, 6.45) is -1.30. The molecule has 1 atom stereocenters. The van der Waals surface area contributed by atoms with Crippen LogP contribution in [0.15, 0.2) is 12.2 Å². The molecule has 0 saturated carbocycles. The van der Waals surface area contributed by atoms with Crippen LogP contribution in [-0.4, -0.2) is 31.2 Å². The Morgan fingerprint density at radius 1 is 1.77 bits per heavy atom. The number of ether oxygens (including phenoxy) is 2. The van der Waals surface area contributed by atoms with Crippen molar-refractivity contribution >= 4 is 5.97 Å². The third-order valence-electron chi connectivity index (χ3n) is 1.66. The lowest BCUT2D eigenvalue weighted by atomic mass is 10.1. The molecule has 1 heterocycles. The van der Waals surface area contributed by atoms with Crippen LogP contribution >= 0.6 is 0 Å². The average molecular weight is 192 g/mol. The molecule has 3 nitrogen and oxygen atoms in total. The van der Waals surface area contributed by atoms with Gasteiger partial charge < -0.3 is 9.47 Å². The van der Waals surface area contributed by atoms with Crippen molar-refractivity contribution in [3.8, 4) is 0 Å². The zero-order valence-electron chi connectivity index (χ0n) is 7.18. The maximum Gasteiger partial charge on any atom is 0.333 e. The van der Waals surface area contributed by atoms with Crippen molar-refractivity contribution in [1.29, 1.82) is 0 Å². The summed E-state index contributed by atoms with van der Waals surface area (Å²) in [4.78, 5) is 10.8. The van der Waals surface area contributed by atoms with E-state index in [4.69, 9.17) is 0 Å². The minimum atomic E-state index is -2.87. The van der Waals surface area contributed by atoms with Crippen LogP contribution in [0.2, 0.25) is 0 Å². The topological polar surface area (TPSA) is 35.5 Å². The Bertz CT molecular complexity index is 238. The van der Waals surface area contributed by atoms with Gasteiger partial charge in [0.15, 0.2) is 6.10 Å². The first-order valence-electron chi connectivity index (χ1n) is 3.75. The van der Waals surface area contributed by atoms with Crippen molar-refractivity contribution < 1.29 is 23.0 Å². The Labute approximate surface area is 74.3 Å². The van der Waals surface area contributed by atoms with Crippen LogP contribution in [0.4, 0.5) is 8.78 Å². The molecule has 5 heteroatoms. The highest BCUT2D eigenvalue weighted by Crippen LogP contribution is 2.31. The van der Waals surface area contributed by atoms with E-state index < -0.39 is 31.2 Å². The third kappa shape index (κ3) is 2.24. The van der Waals surface area contributed by atoms with Crippen LogP contribution < -0.4 is 0 Å². The summed E-state index contributed by atoms with van der Waals surface area (Å²) < 4.78 is 34.0. The van der Waals surface area contributed by atoms with E-state index in [1.165, 1.54) is 6.92 Å². The summed E-state index contributed by atoms with van der Waals surface area (Å²) in [6.45, 7) is 3.74. The van der Waals surface area contributed by atoms with Gasteiger partial charge in [0.2, 0.25) is 0 Å². The van der Waals surface area contributed by atoms with Crippen molar-refractivity contribution in [1.82, 2.24) is 0 Å². The number of halogens is 2. The van der Waals surface area contributed by atoms with Crippen molar-refractivity contribution in [3.05, 3.63) is 12.2 Å². The molecule has 0 bridgehead atoms. The molecule has 0 aliphatic carbocycles. The second-order valence-corrected chi connectivity index (χ2v) is 2.94. The lowest BCUT2D eigenvalue weighted by Gasteiger charge is -2.35. The Kier molecular flexibility index (Phi) is 2.66. The molecule has 0 radical (unpaired) electrons. The molecule has 74 valence electrons. The predicted molar refractivity (Wildman–Crippen MR) is 40.5 cm³/mol. The molecule has 1 rings (SSSR count). The molecular weight excluding hydrogens is 182 g/mol. The minimum Gasteiger partial charge on any atom is -0.459 e. The molecule has 1 aliphatic heterocycles. The van der Waals surface area contributed by atoms with Gasteiger partial charge in [0.1, 0.15) is 13.2 Å². The van der Waals surface area contributed by atoms with E-state index in [0.717, 1.165) is 0 Å². The van der Waals surface area contributed by atoms with Gasteiger partial charge in [0, 0.05) is 5.57 Å². The third-order valence-corrected chi connectivity index (χ3v) is 1.66. The van der Waals surface area contributed by atoms with Crippen molar-refractivity contribution in [2.24, 2.45) is 0 Å². The normalized spacial score (nSPS) is 24.7. The van der Waals surface area contributed by atoms with Crippen molar-refractivity contribution in [2.45, 2.75) is 19.0 Å². The minimum absolute atomic E-state index is 0.183. The van der Waals surface area contributed by atoms with Crippen LogP contribution in [0.25, 0.3) is 0 Å². The monoisotopic (exact) mass is 192 g/mol. The van der Waals surface area contributed by atoms with E-state index in [0.29, 0.717) is 0 Å². The molecule has 0 aromatic rings. The first-order chi connectivity index (χ1) is 5.93. The molecule has 0 aromatic heterocycles. The maximum absolute atomic E-state index is 12.5. The number of alkyl halides is 2. The van der Waals surface area contributed by atoms with Crippen molar-refractivity contribution in [2.75, 3.05) is 13.2 Å². The Hall–Kier alpha value is -0.970. The van der Waals surface area contributed by atoms with Gasteiger partial charge in [-0.3, -0.25) is 0 Å². The lowest BCUT2D eigenvalue weighted by Crippen LogP contribution is -2.54. The quantitative estimate of drug-likeness (QED) is 0.497. The highest BCUT2D eigenvalue weighted by molar-refractivity contribution is 5.86. The van der Waals surface area contributed by atoms with Gasteiger partial charge in [-0.1, -0.05) is 6.58 Å². The molecule has 1 aliphatic rings. The maximum atomic E-state index is 12.5. The van der Waals surface area contributed by atoms with E-state index in [9.17, 15) is 13.6 Å². The Morgan fingerprint density at radius 3 is 2.69 bits per heavy atom. The Balaban J connectivity index is 2.28. The summed E-state index contributed by atoms with van der Waals surface area (Å²) in [7, 11) is 0. The van der Waals surface area contributed by atoms with Gasteiger partial charge in [-0.15, -0.1) is 0 Å². The number of hydrogen-bond donors (Lipinski definition) is 0. The second-order valence-electron chi connectivity index (χ2n) is 2.94. The standard InChI is InChI=1S/C8H10F2O3/c1-5(2)7(11)12-3-6-8(9,10)4-13-6/h6H,1,3-4H2,2H3. The number of hydrogen-bond acceptors (Lipinski definition) is 3. The van der Waals surface area contributed by atoms with E-state index in [2.05, 4.69) is 16.1 Å². The second kappa shape index (κ2) is 3.41. The van der Waals surface area contributed by atoms with Gasteiger partial charge in [0.25, 0.3) is 5.92 Å². The highest BCUT2D eigenvalue weighted by Gasteiger charge is 2.50. The summed E-state index contributed by atoms with van der Waals surface area (Å²) in [6, 6.07) is 0. The molecule has 0 amide bonds. The largest absolute Gasteiger partial charge is 0.459 e. The average Bonchev–Trinajstić information content (AvgIpc) is 2.02. The lowest BCUT2D eigenvalue weighted by molar-refractivity contribution is -0.274. The molecular formula is C8H10F2O3. The van der Waals surface area contributed by atoms with Crippen LogP contribution in [0.5, 0.6) is 0 Å². The molecule has 1 saturated heterocycles. The van der Waals surface area contributed by atoms with Gasteiger partial charge in [-0.2, -0.15) is 0 Å². The summed E-state index contributed by atoms with van der Waals surface area (Å²) in [5.41, 5.74) is 0.183. The van der Waals surface area contributed by atoms with Crippen LogP contribution in [0, 0.1) is 0 Å². The number of rotatable bonds is 3. The Morgan fingerprint density at radius 2 is 2.38 bits per heavy atom. The summed E-state index contributed by atoms with van der Waals surface area (Å²) in [5.74, 6) is -3.54. The molecule has 13 heavy (non-hydrogen) atoms. The molecule has 1 fully saturated rings. The van der Waals surface area contributed by atoms with E-state index in [-0.39, 0.29) is 5.57 Å². The zero-order chi connectivity index (χ0) is 10.1. The number of esters is 1. The molecule has 0 N–H and O–H groups in total. The first kappa shape index (κ1) is 10.1. The van der Waals surface area contributed by atoms with Gasteiger partial charge >= 0.3 is 5.97 Å². The fraction of sp³-hybridized carbons (Fsp3) is 0.625.